The minimum Gasteiger partial charge on any atom is -0.496 e. The molecule has 3 heteroatoms. The van der Waals surface area contributed by atoms with E-state index < -0.39 is 6.10 Å². The van der Waals surface area contributed by atoms with Gasteiger partial charge in [-0.15, -0.1) is 0 Å². The molecule has 1 aliphatic heterocycles. The predicted octanol–water partition coefficient (Wildman–Crippen LogP) is 3.30. The third-order valence-electron chi connectivity index (χ3n) is 4.03. The third kappa shape index (κ3) is 3.28. The molecule has 1 aromatic carbocycles. The molecule has 0 amide bonds. The summed E-state index contributed by atoms with van der Waals surface area (Å²) in [7, 11) is 1.66. The number of hydrogen-bond donors (Lipinski definition) is 1. The summed E-state index contributed by atoms with van der Waals surface area (Å²) < 4.78 is 11.2. The van der Waals surface area contributed by atoms with E-state index in [4.69, 9.17) is 9.47 Å². The van der Waals surface area contributed by atoms with Crippen molar-refractivity contribution in [2.75, 3.05) is 13.7 Å². The van der Waals surface area contributed by atoms with Gasteiger partial charge in [0, 0.05) is 18.6 Å². The topological polar surface area (TPSA) is 38.7 Å². The Kier molecular flexibility index (Phi) is 4.83. The average Bonchev–Trinajstić information content (AvgIpc) is 2.42. The van der Waals surface area contributed by atoms with Gasteiger partial charge >= 0.3 is 0 Å². The van der Waals surface area contributed by atoms with Crippen molar-refractivity contribution < 1.29 is 14.6 Å². The first-order valence-corrected chi connectivity index (χ1v) is 7.07. The Labute approximate surface area is 115 Å². The largest absolute Gasteiger partial charge is 0.496 e. The molecule has 2 unspecified atom stereocenters. The van der Waals surface area contributed by atoms with E-state index in [1.54, 1.807) is 7.11 Å². The molecule has 19 heavy (non-hydrogen) atoms. The van der Waals surface area contributed by atoms with Crippen LogP contribution in [-0.2, 0) is 4.74 Å². The fraction of sp³-hybridized carbons (Fsp3) is 0.625. The van der Waals surface area contributed by atoms with Crippen LogP contribution in [0.4, 0.5) is 0 Å². The van der Waals surface area contributed by atoms with E-state index in [-0.39, 0.29) is 6.10 Å². The Bertz CT molecular complexity index is 422. The Hall–Kier alpha value is -1.06. The second-order valence-electron chi connectivity index (χ2n) is 5.37. The predicted molar refractivity (Wildman–Crippen MR) is 75.6 cm³/mol. The van der Waals surface area contributed by atoms with Gasteiger partial charge in [0.25, 0.3) is 0 Å². The summed E-state index contributed by atoms with van der Waals surface area (Å²) in [6.45, 7) is 4.90. The van der Waals surface area contributed by atoms with Gasteiger partial charge in [-0.25, -0.2) is 0 Å². The fourth-order valence-corrected chi connectivity index (χ4v) is 2.71. The summed E-state index contributed by atoms with van der Waals surface area (Å²) in [5.41, 5.74) is 3.16. The van der Waals surface area contributed by atoms with E-state index in [2.05, 4.69) is 6.92 Å². The van der Waals surface area contributed by atoms with Crippen molar-refractivity contribution in [1.82, 2.24) is 0 Å². The van der Waals surface area contributed by atoms with Gasteiger partial charge in [0.05, 0.1) is 19.3 Å². The number of aliphatic hydroxyl groups excluding tert-OH is 1. The van der Waals surface area contributed by atoms with Gasteiger partial charge < -0.3 is 14.6 Å². The van der Waals surface area contributed by atoms with Crippen LogP contribution in [0.1, 0.15) is 48.5 Å². The molecule has 0 spiro atoms. The number of benzene rings is 1. The van der Waals surface area contributed by atoms with E-state index in [0.29, 0.717) is 6.42 Å². The monoisotopic (exact) mass is 264 g/mol. The van der Waals surface area contributed by atoms with Crippen molar-refractivity contribution in [3.63, 3.8) is 0 Å². The van der Waals surface area contributed by atoms with Crippen molar-refractivity contribution >= 4 is 0 Å². The van der Waals surface area contributed by atoms with E-state index in [1.807, 2.05) is 19.1 Å². The summed E-state index contributed by atoms with van der Waals surface area (Å²) in [4.78, 5) is 0. The molecule has 2 atom stereocenters. The number of rotatable bonds is 4. The molecule has 1 heterocycles. The van der Waals surface area contributed by atoms with Crippen LogP contribution in [0.25, 0.3) is 0 Å². The van der Waals surface area contributed by atoms with Crippen LogP contribution in [0.5, 0.6) is 5.75 Å². The van der Waals surface area contributed by atoms with Crippen LogP contribution in [0.3, 0.4) is 0 Å². The standard InChI is InChI=1S/C16H24O3/c1-11-7-8-14(16(18-3)12(11)2)15(17)10-13-6-4-5-9-19-13/h7-8,13,15,17H,4-6,9-10H2,1-3H3. The zero-order valence-electron chi connectivity index (χ0n) is 12.1. The first-order chi connectivity index (χ1) is 9.13. The minimum absolute atomic E-state index is 0.176. The number of ether oxygens (including phenoxy) is 2. The Balaban J connectivity index is 2.13. The summed E-state index contributed by atoms with van der Waals surface area (Å²) in [6, 6.07) is 4.01. The molecular weight excluding hydrogens is 240 g/mol. The second-order valence-corrected chi connectivity index (χ2v) is 5.37. The Morgan fingerprint density at radius 3 is 2.79 bits per heavy atom. The molecule has 0 saturated carbocycles. The second kappa shape index (κ2) is 6.40. The van der Waals surface area contributed by atoms with Crippen LogP contribution in [-0.4, -0.2) is 24.9 Å². The van der Waals surface area contributed by atoms with Gasteiger partial charge in [-0.05, 0) is 44.2 Å². The van der Waals surface area contributed by atoms with Gasteiger partial charge in [-0.1, -0.05) is 12.1 Å². The average molecular weight is 264 g/mol. The first-order valence-electron chi connectivity index (χ1n) is 7.07. The molecule has 106 valence electrons. The molecule has 0 aliphatic carbocycles. The lowest BCUT2D eigenvalue weighted by atomic mass is 9.95. The molecule has 3 nitrogen and oxygen atoms in total. The van der Waals surface area contributed by atoms with E-state index in [1.165, 1.54) is 12.0 Å². The summed E-state index contributed by atoms with van der Waals surface area (Å²) >= 11 is 0. The molecular formula is C16H24O3. The zero-order valence-corrected chi connectivity index (χ0v) is 12.1. The number of methoxy groups -OCH3 is 1. The first kappa shape index (κ1) is 14.4. The van der Waals surface area contributed by atoms with Crippen molar-refractivity contribution in [2.45, 2.75) is 51.7 Å². The van der Waals surface area contributed by atoms with E-state index in [9.17, 15) is 5.11 Å². The van der Waals surface area contributed by atoms with Gasteiger partial charge in [-0.2, -0.15) is 0 Å². The molecule has 1 aliphatic rings. The highest BCUT2D eigenvalue weighted by atomic mass is 16.5. The van der Waals surface area contributed by atoms with Crippen molar-refractivity contribution in [3.05, 3.63) is 28.8 Å². The number of aryl methyl sites for hydroxylation is 1. The SMILES string of the molecule is COc1c(C(O)CC2CCCCO2)ccc(C)c1C. The molecule has 0 radical (unpaired) electrons. The molecule has 1 aromatic rings. The van der Waals surface area contributed by atoms with Gasteiger partial charge in [0.1, 0.15) is 5.75 Å². The minimum atomic E-state index is -0.516. The molecule has 0 bridgehead atoms. The van der Waals surface area contributed by atoms with Crippen molar-refractivity contribution in [3.8, 4) is 5.75 Å². The van der Waals surface area contributed by atoms with Crippen LogP contribution in [0.2, 0.25) is 0 Å². The van der Waals surface area contributed by atoms with Gasteiger partial charge in [0.15, 0.2) is 0 Å². The zero-order chi connectivity index (χ0) is 13.8. The van der Waals surface area contributed by atoms with Crippen molar-refractivity contribution in [1.29, 1.82) is 0 Å². The van der Waals surface area contributed by atoms with Crippen LogP contribution < -0.4 is 4.74 Å². The molecule has 1 saturated heterocycles. The quantitative estimate of drug-likeness (QED) is 0.906. The lowest BCUT2D eigenvalue weighted by Crippen LogP contribution is -2.21. The lowest BCUT2D eigenvalue weighted by Gasteiger charge is -2.26. The normalized spacial score (nSPS) is 21.2. The number of hydrogen-bond acceptors (Lipinski definition) is 3. The molecule has 2 rings (SSSR count). The maximum Gasteiger partial charge on any atom is 0.127 e. The van der Waals surface area contributed by atoms with E-state index >= 15 is 0 Å². The van der Waals surface area contributed by atoms with Crippen LogP contribution >= 0.6 is 0 Å². The molecule has 1 fully saturated rings. The summed E-state index contributed by atoms with van der Waals surface area (Å²) in [6.07, 6.45) is 3.69. The highest BCUT2D eigenvalue weighted by molar-refractivity contribution is 5.46. The molecule has 1 N–H and O–H groups in total. The lowest BCUT2D eigenvalue weighted by molar-refractivity contribution is -0.0159. The third-order valence-corrected chi connectivity index (χ3v) is 4.03. The smallest absolute Gasteiger partial charge is 0.127 e. The number of aliphatic hydroxyl groups is 1. The molecule has 0 aromatic heterocycles. The van der Waals surface area contributed by atoms with E-state index in [0.717, 1.165) is 36.3 Å². The maximum atomic E-state index is 10.4. The Morgan fingerprint density at radius 2 is 2.16 bits per heavy atom. The van der Waals surface area contributed by atoms with Crippen LogP contribution in [0.15, 0.2) is 12.1 Å². The van der Waals surface area contributed by atoms with Gasteiger partial charge in [0.2, 0.25) is 0 Å². The highest BCUT2D eigenvalue weighted by Crippen LogP contribution is 2.34. The maximum absolute atomic E-state index is 10.4. The van der Waals surface area contributed by atoms with Crippen molar-refractivity contribution in [2.24, 2.45) is 0 Å². The summed E-state index contributed by atoms with van der Waals surface area (Å²) in [5.74, 6) is 0.809. The fourth-order valence-electron chi connectivity index (χ4n) is 2.71. The highest BCUT2D eigenvalue weighted by Gasteiger charge is 2.22. The summed E-state index contributed by atoms with van der Waals surface area (Å²) in [5, 5.41) is 10.4. The van der Waals surface area contributed by atoms with Gasteiger partial charge in [-0.3, -0.25) is 0 Å². The van der Waals surface area contributed by atoms with Crippen LogP contribution in [0, 0.1) is 13.8 Å². The Morgan fingerprint density at radius 1 is 1.37 bits per heavy atom.